The van der Waals surface area contributed by atoms with Crippen LogP contribution in [0, 0.1) is 0 Å². The molecule has 0 N–H and O–H groups in total. The molecule has 2 bridgehead atoms. The third-order valence-corrected chi connectivity index (χ3v) is 6.95. The minimum absolute atomic E-state index is 0. The molecule has 2 atom stereocenters. The zero-order valence-electron chi connectivity index (χ0n) is 15.9. The molecule has 0 radical (unpaired) electrons. The molecule has 1 aromatic carbocycles. The van der Waals surface area contributed by atoms with Gasteiger partial charge in [0.25, 0.3) is 0 Å². The number of hydrogen-bond donors (Lipinski definition) is 0. The Labute approximate surface area is 176 Å². The number of thiophene rings is 1. The van der Waals surface area contributed by atoms with Crippen LogP contribution in [-0.2, 0) is 11.3 Å². The summed E-state index contributed by atoms with van der Waals surface area (Å²) in [5, 5.41) is 4.01. The van der Waals surface area contributed by atoms with E-state index in [4.69, 9.17) is 4.74 Å². The fourth-order valence-electron chi connectivity index (χ4n) is 4.57. The molecule has 0 aliphatic carbocycles. The third kappa shape index (κ3) is 4.23. The Morgan fingerprint density at radius 3 is 2.41 bits per heavy atom. The first-order valence-corrected chi connectivity index (χ1v) is 10.4. The molecule has 4 rings (SSSR count). The zero-order valence-corrected chi connectivity index (χ0v) is 18.3. The van der Waals surface area contributed by atoms with Crippen molar-refractivity contribution in [2.24, 2.45) is 0 Å². The van der Waals surface area contributed by atoms with Crippen molar-refractivity contribution in [1.82, 2.24) is 0 Å². The molecule has 2 fully saturated rings. The van der Waals surface area contributed by atoms with Crippen LogP contribution in [0.4, 0.5) is 10.5 Å². The van der Waals surface area contributed by atoms with Gasteiger partial charge in [0.2, 0.25) is 0 Å². The third-order valence-electron chi connectivity index (χ3n) is 6.27. The highest BCUT2D eigenvalue weighted by Gasteiger charge is 2.50. The van der Waals surface area contributed by atoms with Crippen molar-refractivity contribution in [3.8, 4) is 0 Å². The molecule has 1 amide bonds. The molecular formula is C21H27BrN2O2S. The van der Waals surface area contributed by atoms with E-state index in [2.05, 4.69) is 14.1 Å². The van der Waals surface area contributed by atoms with Crippen LogP contribution in [0.5, 0.6) is 0 Å². The smallest absolute Gasteiger partial charge is 0.414 e. The van der Waals surface area contributed by atoms with E-state index in [1.807, 2.05) is 47.2 Å². The largest absolute Gasteiger partial charge is 1.00 e. The van der Waals surface area contributed by atoms with Crippen molar-refractivity contribution in [3.63, 3.8) is 0 Å². The van der Waals surface area contributed by atoms with E-state index in [9.17, 15) is 4.79 Å². The van der Waals surface area contributed by atoms with Gasteiger partial charge in [-0.1, -0.05) is 30.3 Å². The average molecular weight is 451 g/mol. The van der Waals surface area contributed by atoms with Crippen LogP contribution in [0.3, 0.4) is 0 Å². The lowest BCUT2D eigenvalue weighted by Gasteiger charge is -2.44. The summed E-state index contributed by atoms with van der Waals surface area (Å²) in [6, 6.07) is 13.3. The Balaban J connectivity index is 0.00000210. The molecule has 0 saturated carbocycles. The number of carbonyl (C=O) groups is 1. The molecule has 3 heterocycles. The second kappa shape index (κ2) is 8.33. The van der Waals surface area contributed by atoms with E-state index in [-0.39, 0.29) is 29.2 Å². The number of hydrogen-bond acceptors (Lipinski definition) is 3. The van der Waals surface area contributed by atoms with Crippen molar-refractivity contribution >= 4 is 23.1 Å². The first kappa shape index (κ1) is 20.4. The van der Waals surface area contributed by atoms with Crippen molar-refractivity contribution < 1.29 is 31.0 Å². The lowest BCUT2D eigenvalue weighted by molar-refractivity contribution is -0.931. The second-order valence-corrected chi connectivity index (χ2v) is 8.82. The number of amides is 1. The Bertz CT molecular complexity index is 735. The minimum Gasteiger partial charge on any atom is -1.00 e. The minimum atomic E-state index is -0.219. The van der Waals surface area contributed by atoms with Gasteiger partial charge >= 0.3 is 6.09 Å². The normalized spacial score (nSPS) is 25.5. The van der Waals surface area contributed by atoms with Crippen LogP contribution in [0.2, 0.25) is 0 Å². The molecule has 4 nitrogen and oxygen atoms in total. The number of carbonyl (C=O) groups excluding carboxylic acids is 1. The molecular weight excluding hydrogens is 424 g/mol. The predicted molar refractivity (Wildman–Crippen MR) is 105 cm³/mol. The second-order valence-electron chi connectivity index (χ2n) is 8.04. The van der Waals surface area contributed by atoms with Gasteiger partial charge in [-0.15, -0.1) is 0 Å². The van der Waals surface area contributed by atoms with Gasteiger partial charge in [0.05, 0.1) is 38.4 Å². The summed E-state index contributed by atoms with van der Waals surface area (Å²) >= 11 is 1.60. The molecule has 2 aromatic rings. The number of ether oxygens (including phenoxy) is 1. The summed E-state index contributed by atoms with van der Waals surface area (Å²) in [6.07, 6.45) is 4.30. The van der Waals surface area contributed by atoms with Gasteiger partial charge in [-0.3, -0.25) is 4.90 Å². The number of nitrogens with zero attached hydrogens (tertiary/aromatic N) is 2. The van der Waals surface area contributed by atoms with Gasteiger partial charge in [-0.05, 0) is 17.0 Å². The lowest BCUT2D eigenvalue weighted by atomic mass is 9.98. The maximum absolute atomic E-state index is 13.0. The van der Waals surface area contributed by atoms with E-state index in [1.54, 1.807) is 16.2 Å². The molecule has 2 aliphatic rings. The number of fused-ring (bicyclic) bond motifs is 2. The van der Waals surface area contributed by atoms with Gasteiger partial charge in [-0.25, -0.2) is 4.79 Å². The van der Waals surface area contributed by atoms with Gasteiger partial charge in [-0.2, -0.15) is 11.3 Å². The fraction of sp³-hybridized carbons (Fsp3) is 0.476. The summed E-state index contributed by atoms with van der Waals surface area (Å²) in [5.41, 5.74) is 2.02. The summed E-state index contributed by atoms with van der Waals surface area (Å²) in [4.78, 5) is 14.8. The van der Waals surface area contributed by atoms with Crippen molar-refractivity contribution in [1.29, 1.82) is 0 Å². The summed E-state index contributed by atoms with van der Waals surface area (Å²) < 4.78 is 7.09. The Morgan fingerprint density at radius 2 is 1.81 bits per heavy atom. The van der Waals surface area contributed by atoms with Gasteiger partial charge in [0.15, 0.2) is 0 Å². The lowest BCUT2D eigenvalue weighted by Crippen LogP contribution is -3.00. The fourth-order valence-corrected chi connectivity index (χ4v) is 5.21. The quantitative estimate of drug-likeness (QED) is 0.662. The van der Waals surface area contributed by atoms with Crippen molar-refractivity contribution in [3.05, 3.63) is 52.7 Å². The molecule has 27 heavy (non-hydrogen) atoms. The maximum Gasteiger partial charge on any atom is 0.414 e. The first-order chi connectivity index (χ1) is 12.5. The molecule has 2 aliphatic heterocycles. The van der Waals surface area contributed by atoms with Crippen LogP contribution in [0.25, 0.3) is 0 Å². The monoisotopic (exact) mass is 450 g/mol. The number of benzene rings is 1. The number of anilines is 1. The average Bonchev–Trinajstić information content (AvgIpc) is 3.17. The maximum atomic E-state index is 13.0. The standard InChI is InChI=1S/C21H27N2O2S.BrH/c1-23(2)18-8-9-19(23)13-20(12-18)25-21(24)22(17-10-11-26-15-17)14-16-6-4-3-5-7-16;/h3-7,10-11,15,18-20H,8-9,12-14H2,1-2H3;1H/q+1;/p-1. The molecule has 0 spiro atoms. The van der Waals surface area contributed by atoms with Crippen LogP contribution < -0.4 is 21.9 Å². The van der Waals surface area contributed by atoms with Crippen LogP contribution in [0.15, 0.2) is 47.2 Å². The van der Waals surface area contributed by atoms with E-state index in [1.165, 1.54) is 12.8 Å². The van der Waals surface area contributed by atoms with E-state index in [0.29, 0.717) is 18.6 Å². The Kier molecular flexibility index (Phi) is 6.28. The van der Waals surface area contributed by atoms with Crippen molar-refractivity contribution in [2.45, 2.75) is 50.4 Å². The molecule has 6 heteroatoms. The molecule has 2 saturated heterocycles. The molecule has 146 valence electrons. The van der Waals surface area contributed by atoms with Gasteiger partial charge < -0.3 is 26.2 Å². The predicted octanol–water partition coefficient (Wildman–Crippen LogP) is 1.67. The first-order valence-electron chi connectivity index (χ1n) is 9.41. The number of piperidine rings is 1. The summed E-state index contributed by atoms with van der Waals surface area (Å²) in [6.45, 7) is 0.539. The van der Waals surface area contributed by atoms with Gasteiger partial charge in [0.1, 0.15) is 6.10 Å². The highest BCUT2D eigenvalue weighted by atomic mass is 79.9. The molecule has 2 unspecified atom stereocenters. The highest BCUT2D eigenvalue weighted by Crippen LogP contribution is 2.40. The van der Waals surface area contributed by atoms with Crippen LogP contribution >= 0.6 is 11.3 Å². The number of halogens is 1. The van der Waals surface area contributed by atoms with E-state index in [0.717, 1.165) is 28.6 Å². The van der Waals surface area contributed by atoms with Gasteiger partial charge in [0, 0.05) is 31.1 Å². The van der Waals surface area contributed by atoms with E-state index >= 15 is 0 Å². The number of rotatable bonds is 4. The topological polar surface area (TPSA) is 29.5 Å². The van der Waals surface area contributed by atoms with Crippen molar-refractivity contribution in [2.75, 3.05) is 19.0 Å². The Hall–Kier alpha value is -1.37. The highest BCUT2D eigenvalue weighted by molar-refractivity contribution is 7.08. The van der Waals surface area contributed by atoms with Crippen LogP contribution in [0.1, 0.15) is 31.2 Å². The SMILES string of the molecule is C[N+]1(C)C2CCC1CC(OC(=O)N(Cc1ccccc1)c1ccsc1)C2.[Br-]. The summed E-state index contributed by atoms with van der Waals surface area (Å²) in [7, 11) is 4.65. The Morgan fingerprint density at radius 1 is 1.15 bits per heavy atom. The zero-order chi connectivity index (χ0) is 18.1. The van der Waals surface area contributed by atoms with E-state index < -0.39 is 0 Å². The summed E-state index contributed by atoms with van der Waals surface area (Å²) in [5.74, 6) is 0. The number of quaternary nitrogens is 1. The van der Waals surface area contributed by atoms with Crippen LogP contribution in [-0.4, -0.2) is 42.9 Å². The molecule has 1 aromatic heterocycles.